The van der Waals surface area contributed by atoms with Crippen molar-refractivity contribution in [1.29, 1.82) is 0 Å². The fraction of sp³-hybridized carbons (Fsp3) is 0.105. The molecule has 0 saturated heterocycles. The summed E-state index contributed by atoms with van der Waals surface area (Å²) >= 11 is 0. The minimum Gasteiger partial charge on any atom is -0.441 e. The summed E-state index contributed by atoms with van der Waals surface area (Å²) in [6.07, 6.45) is -0.746. The zero-order valence-corrected chi connectivity index (χ0v) is 12.3. The Morgan fingerprint density at radius 3 is 2.41 bits per heavy atom. The van der Waals surface area contributed by atoms with E-state index >= 15 is 0 Å². The monoisotopic (exact) mass is 291 g/mol. The molecule has 0 aliphatic heterocycles. The third-order valence-electron chi connectivity index (χ3n) is 3.58. The lowest BCUT2D eigenvalue weighted by molar-refractivity contribution is 0.121. The smallest absolute Gasteiger partial charge is 0.412 e. The van der Waals surface area contributed by atoms with E-state index in [1.165, 1.54) is 0 Å². The summed E-state index contributed by atoms with van der Waals surface area (Å²) in [4.78, 5) is 12.1. The fourth-order valence-electron chi connectivity index (χ4n) is 2.43. The number of carbonyl (C=O) groups is 1. The second kappa shape index (κ2) is 6.31. The number of fused-ring (bicyclic) bond motifs is 1. The van der Waals surface area contributed by atoms with Gasteiger partial charge in [0.05, 0.1) is 5.69 Å². The van der Waals surface area contributed by atoms with E-state index < -0.39 is 6.09 Å². The lowest BCUT2D eigenvalue weighted by Crippen LogP contribution is -2.16. The third-order valence-corrected chi connectivity index (χ3v) is 3.58. The molecular weight excluding hydrogens is 274 g/mol. The molecule has 3 aromatic rings. The molecule has 0 saturated carbocycles. The average molecular weight is 291 g/mol. The Morgan fingerprint density at radius 1 is 0.909 bits per heavy atom. The predicted octanol–water partition coefficient (Wildman–Crippen LogP) is 5.15. The van der Waals surface area contributed by atoms with Crippen molar-refractivity contribution >= 4 is 22.6 Å². The molecule has 0 bridgehead atoms. The molecule has 0 aromatic heterocycles. The van der Waals surface area contributed by atoms with Gasteiger partial charge in [-0.2, -0.15) is 0 Å². The highest BCUT2D eigenvalue weighted by molar-refractivity contribution is 6.00. The van der Waals surface area contributed by atoms with E-state index in [0.717, 1.165) is 22.0 Å². The van der Waals surface area contributed by atoms with Gasteiger partial charge >= 0.3 is 6.09 Å². The van der Waals surface area contributed by atoms with Crippen molar-refractivity contribution in [1.82, 2.24) is 0 Å². The van der Waals surface area contributed by atoms with Gasteiger partial charge in [-0.3, -0.25) is 5.32 Å². The quantitative estimate of drug-likeness (QED) is 0.724. The SMILES string of the molecule is C[C@@H](OC(=O)Nc1cccc2ccccc12)c1ccccc1. The average Bonchev–Trinajstić information content (AvgIpc) is 2.56. The van der Waals surface area contributed by atoms with E-state index in [-0.39, 0.29) is 6.10 Å². The summed E-state index contributed by atoms with van der Waals surface area (Å²) in [5.41, 5.74) is 1.72. The lowest BCUT2D eigenvalue weighted by Gasteiger charge is -2.15. The molecule has 0 heterocycles. The summed E-state index contributed by atoms with van der Waals surface area (Å²) in [6, 6.07) is 23.4. The first-order valence-electron chi connectivity index (χ1n) is 7.24. The van der Waals surface area contributed by atoms with Crippen LogP contribution in [-0.4, -0.2) is 6.09 Å². The van der Waals surface area contributed by atoms with Crippen LogP contribution in [0.2, 0.25) is 0 Å². The normalized spacial score (nSPS) is 11.9. The van der Waals surface area contributed by atoms with Gasteiger partial charge in [-0.1, -0.05) is 66.7 Å². The van der Waals surface area contributed by atoms with E-state index in [1.807, 2.05) is 79.7 Å². The van der Waals surface area contributed by atoms with Gasteiger partial charge in [0.15, 0.2) is 0 Å². The molecule has 0 aliphatic rings. The number of nitrogens with one attached hydrogen (secondary N) is 1. The number of carbonyl (C=O) groups excluding carboxylic acids is 1. The van der Waals surface area contributed by atoms with Gasteiger partial charge in [0, 0.05) is 5.39 Å². The van der Waals surface area contributed by atoms with E-state index in [2.05, 4.69) is 5.32 Å². The van der Waals surface area contributed by atoms with Crippen molar-refractivity contribution < 1.29 is 9.53 Å². The van der Waals surface area contributed by atoms with Gasteiger partial charge in [0.2, 0.25) is 0 Å². The molecule has 1 atom stereocenters. The van der Waals surface area contributed by atoms with Gasteiger partial charge < -0.3 is 4.74 Å². The highest BCUT2D eigenvalue weighted by Crippen LogP contribution is 2.24. The molecule has 0 unspecified atom stereocenters. The van der Waals surface area contributed by atoms with Gasteiger partial charge in [-0.25, -0.2) is 4.79 Å². The molecule has 3 rings (SSSR count). The standard InChI is InChI=1S/C19H17NO2/c1-14(15-8-3-2-4-9-15)22-19(21)20-18-13-7-11-16-10-5-6-12-17(16)18/h2-14H,1H3,(H,20,21)/t14-/m1/s1. The molecule has 0 radical (unpaired) electrons. The Labute approximate surface area is 129 Å². The Kier molecular flexibility index (Phi) is 4.05. The Bertz CT molecular complexity index is 778. The van der Waals surface area contributed by atoms with Crippen LogP contribution >= 0.6 is 0 Å². The molecule has 22 heavy (non-hydrogen) atoms. The molecule has 0 spiro atoms. The second-order valence-electron chi connectivity index (χ2n) is 5.11. The number of benzene rings is 3. The van der Waals surface area contributed by atoms with Gasteiger partial charge in [-0.15, -0.1) is 0 Å². The maximum absolute atomic E-state index is 12.1. The molecule has 0 fully saturated rings. The fourth-order valence-corrected chi connectivity index (χ4v) is 2.43. The molecular formula is C19H17NO2. The number of amides is 1. The Morgan fingerprint density at radius 2 is 1.59 bits per heavy atom. The van der Waals surface area contributed by atoms with Crippen LogP contribution in [0.25, 0.3) is 10.8 Å². The topological polar surface area (TPSA) is 38.3 Å². The van der Waals surface area contributed by atoms with E-state index in [1.54, 1.807) is 0 Å². The summed E-state index contributed by atoms with van der Waals surface area (Å²) in [6.45, 7) is 1.86. The summed E-state index contributed by atoms with van der Waals surface area (Å²) in [7, 11) is 0. The highest BCUT2D eigenvalue weighted by atomic mass is 16.6. The minimum atomic E-state index is -0.451. The molecule has 1 N–H and O–H groups in total. The number of rotatable bonds is 3. The largest absolute Gasteiger partial charge is 0.441 e. The van der Waals surface area contributed by atoms with Gasteiger partial charge in [-0.05, 0) is 23.9 Å². The van der Waals surface area contributed by atoms with Crippen molar-refractivity contribution in [3.63, 3.8) is 0 Å². The van der Waals surface area contributed by atoms with Crippen LogP contribution in [0.15, 0.2) is 72.8 Å². The van der Waals surface area contributed by atoms with E-state index in [4.69, 9.17) is 4.74 Å². The molecule has 3 nitrogen and oxygen atoms in total. The summed E-state index contributed by atoms with van der Waals surface area (Å²) < 4.78 is 5.44. The highest BCUT2D eigenvalue weighted by Gasteiger charge is 2.12. The van der Waals surface area contributed by atoms with Crippen LogP contribution in [-0.2, 0) is 4.74 Å². The number of hydrogen-bond donors (Lipinski definition) is 1. The molecule has 3 heteroatoms. The zero-order valence-electron chi connectivity index (χ0n) is 12.3. The molecule has 110 valence electrons. The molecule has 3 aromatic carbocycles. The predicted molar refractivity (Wildman–Crippen MR) is 88.9 cm³/mol. The van der Waals surface area contributed by atoms with Gasteiger partial charge in [0.1, 0.15) is 6.10 Å². The van der Waals surface area contributed by atoms with Crippen molar-refractivity contribution in [3.8, 4) is 0 Å². The number of anilines is 1. The zero-order chi connectivity index (χ0) is 15.4. The van der Waals surface area contributed by atoms with Crippen molar-refractivity contribution in [2.45, 2.75) is 13.0 Å². The van der Waals surface area contributed by atoms with Gasteiger partial charge in [0.25, 0.3) is 0 Å². The second-order valence-corrected chi connectivity index (χ2v) is 5.11. The van der Waals surface area contributed by atoms with E-state index in [0.29, 0.717) is 0 Å². The van der Waals surface area contributed by atoms with Crippen LogP contribution < -0.4 is 5.32 Å². The first-order valence-corrected chi connectivity index (χ1v) is 7.24. The molecule has 1 amide bonds. The Hall–Kier alpha value is -2.81. The van der Waals surface area contributed by atoms with Crippen LogP contribution in [0.4, 0.5) is 10.5 Å². The van der Waals surface area contributed by atoms with Crippen molar-refractivity contribution in [2.75, 3.05) is 5.32 Å². The summed E-state index contributed by atoms with van der Waals surface area (Å²) in [5.74, 6) is 0. The Balaban J connectivity index is 1.74. The van der Waals surface area contributed by atoms with E-state index in [9.17, 15) is 4.79 Å². The first kappa shape index (κ1) is 14.1. The van der Waals surface area contributed by atoms with Crippen LogP contribution in [0, 0.1) is 0 Å². The minimum absolute atomic E-state index is 0.295. The number of ether oxygens (including phenoxy) is 1. The maximum Gasteiger partial charge on any atom is 0.412 e. The summed E-state index contributed by atoms with van der Waals surface area (Å²) in [5, 5.41) is 4.90. The third kappa shape index (κ3) is 3.09. The van der Waals surface area contributed by atoms with Crippen molar-refractivity contribution in [2.24, 2.45) is 0 Å². The van der Waals surface area contributed by atoms with Crippen LogP contribution in [0.1, 0.15) is 18.6 Å². The molecule has 0 aliphatic carbocycles. The number of hydrogen-bond acceptors (Lipinski definition) is 2. The van der Waals surface area contributed by atoms with Crippen LogP contribution in [0.3, 0.4) is 0 Å². The maximum atomic E-state index is 12.1. The van der Waals surface area contributed by atoms with Crippen LogP contribution in [0.5, 0.6) is 0 Å². The van der Waals surface area contributed by atoms with Crippen molar-refractivity contribution in [3.05, 3.63) is 78.4 Å². The lowest BCUT2D eigenvalue weighted by atomic mass is 10.1. The first-order chi connectivity index (χ1) is 10.7.